The Kier molecular flexibility index (Phi) is 3.54. The summed E-state index contributed by atoms with van der Waals surface area (Å²) in [6, 6.07) is 2.27. The molecule has 0 spiro atoms. The van der Waals surface area contributed by atoms with E-state index in [0.29, 0.717) is 29.4 Å². The van der Waals surface area contributed by atoms with E-state index in [4.69, 9.17) is 0 Å². The van der Waals surface area contributed by atoms with Gasteiger partial charge in [-0.15, -0.1) is 0 Å². The van der Waals surface area contributed by atoms with Crippen LogP contribution in [0.1, 0.15) is 48.9 Å². The number of H-pyrrole nitrogens is 1. The van der Waals surface area contributed by atoms with Crippen LogP contribution in [0.3, 0.4) is 0 Å². The molecule has 6 nitrogen and oxygen atoms in total. The van der Waals surface area contributed by atoms with E-state index >= 15 is 0 Å². The number of aromatic amines is 1. The third-order valence-electron chi connectivity index (χ3n) is 6.83. The van der Waals surface area contributed by atoms with Gasteiger partial charge in [-0.3, -0.25) is 4.79 Å². The zero-order valence-electron chi connectivity index (χ0n) is 15.1. The average Bonchev–Trinajstić information content (AvgIpc) is 3.01. The molecule has 0 saturated heterocycles. The van der Waals surface area contributed by atoms with Crippen molar-refractivity contribution in [2.24, 2.45) is 17.8 Å². The molecule has 138 valence electrons. The van der Waals surface area contributed by atoms with Gasteiger partial charge in [-0.05, 0) is 62.3 Å². The van der Waals surface area contributed by atoms with E-state index in [9.17, 15) is 9.90 Å². The molecule has 4 aliphatic carbocycles. The van der Waals surface area contributed by atoms with Gasteiger partial charge in [0.25, 0.3) is 5.91 Å². The molecular formula is C20H26N4O2. The van der Waals surface area contributed by atoms with Gasteiger partial charge in [-0.2, -0.15) is 0 Å². The molecule has 4 aliphatic rings. The maximum Gasteiger partial charge on any atom is 0.254 e. The second-order valence-electron chi connectivity index (χ2n) is 8.65. The lowest BCUT2D eigenvalue weighted by Gasteiger charge is -2.45. The fourth-order valence-corrected chi connectivity index (χ4v) is 6.01. The van der Waals surface area contributed by atoms with Crippen LogP contribution in [0.2, 0.25) is 0 Å². The van der Waals surface area contributed by atoms with Gasteiger partial charge in [0.05, 0.1) is 16.9 Å². The molecule has 4 bridgehead atoms. The zero-order chi connectivity index (χ0) is 17.9. The van der Waals surface area contributed by atoms with E-state index in [2.05, 4.69) is 20.6 Å². The summed E-state index contributed by atoms with van der Waals surface area (Å²) in [6.07, 6.45) is 9.82. The maximum absolute atomic E-state index is 12.4. The summed E-state index contributed by atoms with van der Waals surface area (Å²) in [5, 5.41) is 18.4. The Morgan fingerprint density at radius 1 is 1.27 bits per heavy atom. The quantitative estimate of drug-likeness (QED) is 0.682. The van der Waals surface area contributed by atoms with Crippen molar-refractivity contribution in [3.63, 3.8) is 0 Å². The van der Waals surface area contributed by atoms with Crippen molar-refractivity contribution in [1.29, 1.82) is 0 Å². The number of carbonyl (C=O) groups is 1. The molecule has 0 radical (unpaired) electrons. The van der Waals surface area contributed by atoms with Gasteiger partial charge in [0.15, 0.2) is 0 Å². The van der Waals surface area contributed by atoms with Crippen LogP contribution in [0.15, 0.2) is 18.5 Å². The van der Waals surface area contributed by atoms with Gasteiger partial charge in [-0.25, -0.2) is 4.98 Å². The minimum atomic E-state index is -0.460. The van der Waals surface area contributed by atoms with Crippen molar-refractivity contribution < 1.29 is 9.90 Å². The van der Waals surface area contributed by atoms with Crippen LogP contribution in [-0.4, -0.2) is 39.7 Å². The predicted molar refractivity (Wildman–Crippen MR) is 100 cm³/mol. The monoisotopic (exact) mass is 354 g/mol. The highest BCUT2D eigenvalue weighted by molar-refractivity contribution is 6.06. The van der Waals surface area contributed by atoms with Gasteiger partial charge in [0.1, 0.15) is 5.65 Å². The molecule has 2 aromatic rings. The van der Waals surface area contributed by atoms with Crippen molar-refractivity contribution in [3.05, 3.63) is 24.0 Å². The lowest BCUT2D eigenvalue weighted by Crippen LogP contribution is -2.44. The molecule has 2 unspecified atom stereocenters. The molecule has 6 rings (SSSR count). The van der Waals surface area contributed by atoms with Gasteiger partial charge in [0.2, 0.25) is 0 Å². The van der Waals surface area contributed by atoms with Gasteiger partial charge >= 0.3 is 0 Å². The Labute approximate surface area is 152 Å². The number of amides is 1. The Balaban J connectivity index is 1.53. The molecule has 2 aromatic heterocycles. The highest BCUT2D eigenvalue weighted by atomic mass is 16.3. The normalized spacial score (nSPS) is 35.5. The van der Waals surface area contributed by atoms with Crippen LogP contribution in [0.4, 0.5) is 5.69 Å². The Bertz CT molecular complexity index is 863. The third kappa shape index (κ3) is 2.50. The molecule has 26 heavy (non-hydrogen) atoms. The molecule has 6 heteroatoms. The van der Waals surface area contributed by atoms with Gasteiger partial charge < -0.3 is 20.7 Å². The summed E-state index contributed by atoms with van der Waals surface area (Å²) < 4.78 is 0. The maximum atomic E-state index is 12.4. The number of nitrogens with one attached hydrogen (secondary N) is 3. The molecule has 1 amide bonds. The smallest absolute Gasteiger partial charge is 0.254 e. The first kappa shape index (κ1) is 16.1. The van der Waals surface area contributed by atoms with Crippen molar-refractivity contribution >= 4 is 22.6 Å². The number of pyridine rings is 1. The number of aromatic nitrogens is 2. The van der Waals surface area contributed by atoms with Crippen LogP contribution in [0.25, 0.3) is 11.0 Å². The first-order valence-corrected chi connectivity index (χ1v) is 9.72. The lowest BCUT2D eigenvalue weighted by atomic mass is 9.65. The van der Waals surface area contributed by atoms with E-state index in [1.165, 1.54) is 12.8 Å². The first-order chi connectivity index (χ1) is 12.5. The summed E-state index contributed by atoms with van der Waals surface area (Å²) in [4.78, 5) is 19.9. The highest BCUT2D eigenvalue weighted by Gasteiger charge is 2.50. The number of carbonyl (C=O) groups excluding carboxylic acids is 1. The third-order valence-corrected chi connectivity index (χ3v) is 6.83. The number of aliphatic hydroxyl groups is 1. The lowest BCUT2D eigenvalue weighted by molar-refractivity contribution is -0.0711. The molecule has 0 aromatic carbocycles. The molecule has 4 saturated carbocycles. The minimum Gasteiger partial charge on any atom is -0.390 e. The molecule has 2 heterocycles. The van der Waals surface area contributed by atoms with Crippen molar-refractivity contribution in [3.8, 4) is 0 Å². The second kappa shape index (κ2) is 5.71. The summed E-state index contributed by atoms with van der Waals surface area (Å²) in [5.41, 5.74) is 1.78. The van der Waals surface area contributed by atoms with Crippen LogP contribution in [0.5, 0.6) is 0 Å². The molecule has 4 fully saturated rings. The van der Waals surface area contributed by atoms with E-state index in [-0.39, 0.29) is 5.91 Å². The molecule has 5 atom stereocenters. The summed E-state index contributed by atoms with van der Waals surface area (Å²) in [6.45, 7) is 0. The van der Waals surface area contributed by atoms with Gasteiger partial charge in [0, 0.05) is 30.9 Å². The topological polar surface area (TPSA) is 90.0 Å². The molecular weight excluding hydrogens is 328 g/mol. The van der Waals surface area contributed by atoms with Crippen molar-refractivity contribution in [1.82, 2.24) is 15.3 Å². The minimum absolute atomic E-state index is 0.124. The predicted octanol–water partition coefficient (Wildman–Crippen LogP) is 2.66. The van der Waals surface area contributed by atoms with E-state index < -0.39 is 5.60 Å². The first-order valence-electron chi connectivity index (χ1n) is 9.72. The Hall–Kier alpha value is -2.08. The van der Waals surface area contributed by atoms with Crippen molar-refractivity contribution in [2.45, 2.75) is 50.2 Å². The fraction of sp³-hybridized carbons (Fsp3) is 0.600. The van der Waals surface area contributed by atoms with E-state index in [0.717, 1.165) is 42.4 Å². The summed E-state index contributed by atoms with van der Waals surface area (Å²) in [7, 11) is 1.65. The SMILES string of the molecule is CNC(=O)c1cnc2[nH]ccc2c1N[C@H]1C[C@@H]2CC3CC1C[C@](O)(C3)C2. The molecule has 0 aliphatic heterocycles. The zero-order valence-corrected chi connectivity index (χ0v) is 15.1. The number of hydrogen-bond acceptors (Lipinski definition) is 4. The van der Waals surface area contributed by atoms with Crippen LogP contribution in [-0.2, 0) is 0 Å². The highest BCUT2D eigenvalue weighted by Crippen LogP contribution is 2.53. The number of fused-ring (bicyclic) bond motifs is 2. The number of hydrogen-bond donors (Lipinski definition) is 4. The second-order valence-corrected chi connectivity index (χ2v) is 8.65. The number of nitrogens with zero attached hydrogens (tertiary/aromatic N) is 1. The van der Waals surface area contributed by atoms with E-state index in [1.54, 1.807) is 13.2 Å². The Morgan fingerprint density at radius 3 is 2.85 bits per heavy atom. The summed E-state index contributed by atoms with van der Waals surface area (Å²) >= 11 is 0. The van der Waals surface area contributed by atoms with Gasteiger partial charge in [-0.1, -0.05) is 0 Å². The van der Waals surface area contributed by atoms with E-state index in [1.807, 2.05) is 12.3 Å². The van der Waals surface area contributed by atoms with Crippen LogP contribution in [0, 0.1) is 17.8 Å². The fourth-order valence-electron chi connectivity index (χ4n) is 6.01. The van der Waals surface area contributed by atoms with Crippen molar-refractivity contribution in [2.75, 3.05) is 12.4 Å². The number of anilines is 1. The van der Waals surface area contributed by atoms with Crippen LogP contribution >= 0.6 is 0 Å². The van der Waals surface area contributed by atoms with Crippen LogP contribution < -0.4 is 10.6 Å². The Morgan fingerprint density at radius 2 is 2.08 bits per heavy atom. The molecule has 4 N–H and O–H groups in total. The summed E-state index contributed by atoms with van der Waals surface area (Å²) in [5.74, 6) is 1.58. The standard InChI is InChI=1S/C20H26N4O2/c1-21-19(25)15-10-23-18-14(2-3-22-18)17(15)24-16-6-12-4-11-5-13(16)9-20(26,7-11)8-12/h2-3,10-13,16,26H,4-9H2,1H3,(H,21,25)(H2,22,23,24)/t11?,12-,13?,16-,20-/m0/s1. The number of rotatable bonds is 3. The average molecular weight is 354 g/mol. The largest absolute Gasteiger partial charge is 0.390 e.